The van der Waals surface area contributed by atoms with Crippen LogP contribution in [0.2, 0.25) is 0 Å². The summed E-state index contributed by atoms with van der Waals surface area (Å²) in [4.78, 5) is 18.8. The quantitative estimate of drug-likeness (QED) is 0.141. The van der Waals surface area contributed by atoms with Crippen molar-refractivity contribution in [2.75, 3.05) is 194 Å². The Balaban J connectivity index is 2.59. The summed E-state index contributed by atoms with van der Waals surface area (Å²) in [5.41, 5.74) is 2.02. The molecule has 0 aliphatic carbocycles. The summed E-state index contributed by atoms with van der Waals surface area (Å²) >= 11 is 9.34. The average molecular weight is 984 g/mol. The molecular formula is C40H88ClN16P5. The van der Waals surface area contributed by atoms with Crippen molar-refractivity contribution in [3.8, 4) is 0 Å². The fourth-order valence-electron chi connectivity index (χ4n) is 10.6. The molecule has 4 rings (SSSR count). The maximum absolute atomic E-state index is 9.34. The van der Waals surface area contributed by atoms with E-state index in [-0.39, 0.29) is 0 Å². The molecule has 16 nitrogen and oxygen atoms in total. The SMILES string of the molecule is CN(C)P1CCC(N(C)C)(N(C)C)C1=NP(Cl)(N=C1P(N(C)C)CCC1(N(C)C)N(C)C)(N=C1P(N(C)C)CCC1(N(C)C)N(C)C)N=C1P(N(C)C)CCC1(N(C)C)N(C)C. The third-order valence-corrected chi connectivity index (χ3v) is 28.0. The standard InChI is InChI=1S/C40H88ClN16P5/c1-46(2)37(47(3)4)25-29-58(54(17)18)33(37)42-62(41,43-34-38(48(5)6,49(7)8)26-30-59(34)55(19)20,44-35-39(50(9)10,51(11)12)27-31-60(35)56(21)22)45-36-40(52(13)14,53(15)16)28-32-61(36)57(23)24/h25-32H2,1-24H3. The number of nitrogens with zero attached hydrogens (tertiary/aromatic N) is 16. The Kier molecular flexibility index (Phi) is 17.8. The molecular weight excluding hydrogens is 895 g/mol. The zero-order valence-corrected chi connectivity index (χ0v) is 48.7. The second-order valence-corrected chi connectivity index (χ2v) is 34.0. The van der Waals surface area contributed by atoms with Crippen molar-refractivity contribution in [1.82, 2.24) is 57.9 Å². The Morgan fingerprint density at radius 2 is 0.468 bits per heavy atom. The van der Waals surface area contributed by atoms with E-state index in [1.165, 1.54) is 0 Å². The molecule has 4 aliphatic rings. The van der Waals surface area contributed by atoms with Crippen molar-refractivity contribution in [1.29, 1.82) is 0 Å². The summed E-state index contributed by atoms with van der Waals surface area (Å²) in [6, 6.07) is 0. The van der Waals surface area contributed by atoms with Crippen molar-refractivity contribution < 1.29 is 0 Å². The van der Waals surface area contributed by atoms with Gasteiger partial charge < -0.3 is 0 Å². The molecule has 0 N–H and O–H groups in total. The van der Waals surface area contributed by atoms with Crippen LogP contribution in [0.25, 0.3) is 0 Å². The fourth-order valence-corrected chi connectivity index (χ4v) is 27.7. The van der Waals surface area contributed by atoms with Crippen LogP contribution in [0.4, 0.5) is 0 Å². The Hall–Kier alpha value is 0.640. The average Bonchev–Trinajstić information content (AvgIpc) is 3.89. The van der Waals surface area contributed by atoms with Crippen molar-refractivity contribution in [3.05, 3.63) is 0 Å². The van der Waals surface area contributed by atoms with Crippen molar-refractivity contribution in [2.24, 2.45) is 19.1 Å². The van der Waals surface area contributed by atoms with Gasteiger partial charge in [-0.05, 0) is 0 Å². The molecule has 0 aromatic rings. The van der Waals surface area contributed by atoms with Gasteiger partial charge in [-0.15, -0.1) is 0 Å². The first-order valence-corrected chi connectivity index (χ1v) is 30.6. The zero-order valence-electron chi connectivity index (χ0n) is 43.4. The van der Waals surface area contributed by atoms with Crippen molar-refractivity contribution in [3.63, 3.8) is 0 Å². The topological polar surface area (TPSA) is 88.3 Å². The summed E-state index contributed by atoms with van der Waals surface area (Å²) in [7, 11) is 49.0. The predicted molar refractivity (Wildman–Crippen MR) is 283 cm³/mol. The van der Waals surface area contributed by atoms with E-state index in [0.717, 1.165) is 72.1 Å². The maximum atomic E-state index is 9.34. The van der Waals surface area contributed by atoms with Gasteiger partial charge >= 0.3 is 391 Å². The van der Waals surface area contributed by atoms with Gasteiger partial charge in [0.05, 0.1) is 0 Å². The monoisotopic (exact) mass is 983 g/mol. The summed E-state index contributed by atoms with van der Waals surface area (Å²) in [6.45, 7) is -5.12. The molecule has 62 heavy (non-hydrogen) atoms. The minimum atomic E-state index is -5.12. The molecule has 22 heteroatoms. The van der Waals surface area contributed by atoms with E-state index in [0.29, 0.717) is 0 Å². The van der Waals surface area contributed by atoms with Crippen LogP contribution in [-0.4, -0.2) is 296 Å². The molecule has 0 aromatic heterocycles. The van der Waals surface area contributed by atoms with Gasteiger partial charge in [-0.3, -0.25) is 0 Å². The number of rotatable bonds is 16. The van der Waals surface area contributed by atoms with Gasteiger partial charge in [0.1, 0.15) is 0 Å². The van der Waals surface area contributed by atoms with Crippen molar-refractivity contribution >= 4 is 71.9 Å². The van der Waals surface area contributed by atoms with Gasteiger partial charge in [0.25, 0.3) is 0 Å². The normalized spacial score (nSPS) is 30.0. The molecule has 0 amide bonds. The number of halogens is 1. The number of hydrogen-bond donors (Lipinski definition) is 0. The van der Waals surface area contributed by atoms with Gasteiger partial charge in [0.15, 0.2) is 0 Å². The van der Waals surface area contributed by atoms with E-state index >= 15 is 0 Å². The minimum absolute atomic E-state index is 0.541. The van der Waals surface area contributed by atoms with Gasteiger partial charge in [-0.25, -0.2) is 0 Å². The summed E-state index contributed by atoms with van der Waals surface area (Å²) < 4.78 is 35.1. The molecule has 360 valence electrons. The van der Waals surface area contributed by atoms with E-state index in [2.05, 4.69) is 227 Å². The molecule has 4 atom stereocenters. The molecule has 0 spiro atoms. The van der Waals surface area contributed by atoms with Gasteiger partial charge in [0, 0.05) is 0 Å². The van der Waals surface area contributed by atoms with E-state index in [9.17, 15) is 11.2 Å². The Bertz CT molecular complexity index is 1440. The van der Waals surface area contributed by atoms with E-state index < -0.39 is 61.5 Å². The Morgan fingerprint density at radius 1 is 0.323 bits per heavy atom. The molecule has 4 fully saturated rings. The van der Waals surface area contributed by atoms with E-state index in [1.54, 1.807) is 0 Å². The molecule has 4 heterocycles. The van der Waals surface area contributed by atoms with Gasteiger partial charge in [-0.2, -0.15) is 0 Å². The van der Waals surface area contributed by atoms with E-state index in [1.807, 2.05) is 0 Å². The Morgan fingerprint density at radius 3 is 0.581 bits per heavy atom. The molecule has 4 unspecified atom stereocenters. The summed E-state index contributed by atoms with van der Waals surface area (Å²) in [5.74, 6) is 0. The van der Waals surface area contributed by atoms with Crippen molar-refractivity contribution in [2.45, 2.75) is 48.3 Å². The van der Waals surface area contributed by atoms with Crippen LogP contribution < -0.4 is 0 Å². The molecule has 0 saturated carbocycles. The third-order valence-electron chi connectivity index (χ3n) is 14.0. The first-order valence-electron chi connectivity index (χ1n) is 21.8. The third kappa shape index (κ3) is 9.26. The predicted octanol–water partition coefficient (Wildman–Crippen LogP) is 5.67. The second kappa shape index (κ2) is 19.9. The van der Waals surface area contributed by atoms with Gasteiger partial charge in [0.2, 0.25) is 0 Å². The van der Waals surface area contributed by atoms with Crippen LogP contribution in [0.5, 0.6) is 0 Å². The van der Waals surface area contributed by atoms with Crippen LogP contribution in [0, 0.1) is 0 Å². The first-order chi connectivity index (χ1) is 28.4. The first kappa shape index (κ1) is 55.2. The van der Waals surface area contributed by atoms with Gasteiger partial charge in [-0.1, -0.05) is 0 Å². The van der Waals surface area contributed by atoms with E-state index in [4.69, 9.17) is 19.1 Å². The zero-order chi connectivity index (χ0) is 47.5. The summed E-state index contributed by atoms with van der Waals surface area (Å²) in [5, 5.41) is 0. The molecule has 0 aromatic carbocycles. The van der Waals surface area contributed by atoms with Crippen LogP contribution >= 0.6 is 50.1 Å². The Labute approximate surface area is 389 Å². The van der Waals surface area contributed by atoms with Crippen LogP contribution in [-0.2, 0) is 0 Å². The molecule has 0 bridgehead atoms. The fraction of sp³-hybridized carbons (Fsp3) is 0.900. The second-order valence-electron chi connectivity index (χ2n) is 19.8. The number of hydrogen-bond acceptors (Lipinski definition) is 16. The summed E-state index contributed by atoms with van der Waals surface area (Å²) in [6.07, 6.45) is 7.51. The van der Waals surface area contributed by atoms with Crippen LogP contribution in [0.3, 0.4) is 0 Å². The van der Waals surface area contributed by atoms with Crippen LogP contribution in [0.1, 0.15) is 25.7 Å². The van der Waals surface area contributed by atoms with Crippen LogP contribution in [0.15, 0.2) is 19.1 Å². The molecule has 4 saturated heterocycles. The molecule has 0 radical (unpaired) electrons. The molecule has 4 aliphatic heterocycles.